The van der Waals surface area contributed by atoms with Crippen molar-refractivity contribution in [2.75, 3.05) is 5.32 Å². The van der Waals surface area contributed by atoms with Crippen molar-refractivity contribution >= 4 is 16.6 Å². The van der Waals surface area contributed by atoms with Crippen LogP contribution in [0, 0.1) is 0 Å². The summed E-state index contributed by atoms with van der Waals surface area (Å²) in [7, 11) is 1.89. The zero-order valence-corrected chi connectivity index (χ0v) is 10.6. The Bertz CT molecular complexity index is 772. The Morgan fingerprint density at radius 3 is 2.95 bits per heavy atom. The van der Waals surface area contributed by atoms with Crippen molar-refractivity contribution in [1.29, 1.82) is 0 Å². The molecule has 0 unspecified atom stereocenters. The SMILES string of the molecule is Cn1nccc1CNc1cc2ccccc2c(=O)[nH]1. The van der Waals surface area contributed by atoms with Crippen LogP contribution in [0.4, 0.5) is 5.82 Å². The molecule has 0 fully saturated rings. The summed E-state index contributed by atoms with van der Waals surface area (Å²) in [6.45, 7) is 0.616. The highest BCUT2D eigenvalue weighted by molar-refractivity contribution is 5.83. The fourth-order valence-electron chi connectivity index (χ4n) is 2.07. The first-order valence-electron chi connectivity index (χ1n) is 6.07. The Morgan fingerprint density at radius 2 is 2.16 bits per heavy atom. The number of hydrogen-bond donors (Lipinski definition) is 2. The summed E-state index contributed by atoms with van der Waals surface area (Å²) in [4.78, 5) is 14.8. The molecule has 0 saturated heterocycles. The number of fused-ring (bicyclic) bond motifs is 1. The van der Waals surface area contributed by atoms with E-state index >= 15 is 0 Å². The molecule has 0 aliphatic rings. The van der Waals surface area contributed by atoms with Gasteiger partial charge in [0.1, 0.15) is 5.82 Å². The van der Waals surface area contributed by atoms with Gasteiger partial charge in [0, 0.05) is 18.6 Å². The van der Waals surface area contributed by atoms with Gasteiger partial charge in [-0.05, 0) is 23.6 Å². The zero-order valence-electron chi connectivity index (χ0n) is 10.6. The van der Waals surface area contributed by atoms with Crippen molar-refractivity contribution in [2.45, 2.75) is 6.54 Å². The minimum atomic E-state index is -0.0781. The maximum absolute atomic E-state index is 11.9. The van der Waals surface area contributed by atoms with Crippen molar-refractivity contribution < 1.29 is 0 Å². The molecular weight excluding hydrogens is 240 g/mol. The van der Waals surface area contributed by atoms with E-state index in [0.717, 1.165) is 11.1 Å². The van der Waals surface area contributed by atoms with Crippen LogP contribution in [0.5, 0.6) is 0 Å². The molecule has 0 spiro atoms. The predicted molar refractivity (Wildman–Crippen MR) is 75.1 cm³/mol. The number of H-pyrrole nitrogens is 1. The van der Waals surface area contributed by atoms with E-state index in [4.69, 9.17) is 0 Å². The molecule has 2 heterocycles. The van der Waals surface area contributed by atoms with Crippen LogP contribution in [0.1, 0.15) is 5.69 Å². The van der Waals surface area contributed by atoms with Crippen molar-refractivity contribution in [3.8, 4) is 0 Å². The van der Waals surface area contributed by atoms with Gasteiger partial charge in [0.2, 0.25) is 0 Å². The lowest BCUT2D eigenvalue weighted by Gasteiger charge is -2.07. The van der Waals surface area contributed by atoms with E-state index in [1.54, 1.807) is 10.9 Å². The first-order chi connectivity index (χ1) is 9.24. The fraction of sp³-hybridized carbons (Fsp3) is 0.143. The zero-order chi connectivity index (χ0) is 13.2. The molecule has 0 amide bonds. The molecule has 3 rings (SSSR count). The van der Waals surface area contributed by atoms with Crippen LogP contribution in [0.2, 0.25) is 0 Å². The second-order valence-corrected chi connectivity index (χ2v) is 4.40. The monoisotopic (exact) mass is 254 g/mol. The average molecular weight is 254 g/mol. The van der Waals surface area contributed by atoms with Gasteiger partial charge in [-0.2, -0.15) is 5.10 Å². The molecule has 5 nitrogen and oxygen atoms in total. The van der Waals surface area contributed by atoms with Gasteiger partial charge in [-0.25, -0.2) is 0 Å². The number of benzene rings is 1. The molecule has 2 N–H and O–H groups in total. The molecule has 0 bridgehead atoms. The number of hydrogen-bond acceptors (Lipinski definition) is 3. The lowest BCUT2D eigenvalue weighted by Crippen LogP contribution is -2.12. The first-order valence-corrected chi connectivity index (χ1v) is 6.07. The molecule has 0 atom stereocenters. The lowest BCUT2D eigenvalue weighted by atomic mass is 10.2. The van der Waals surface area contributed by atoms with Gasteiger partial charge in [-0.3, -0.25) is 9.48 Å². The molecule has 0 saturated carbocycles. The van der Waals surface area contributed by atoms with Crippen molar-refractivity contribution in [1.82, 2.24) is 14.8 Å². The molecule has 5 heteroatoms. The molecule has 1 aromatic carbocycles. The Balaban J connectivity index is 1.90. The summed E-state index contributed by atoms with van der Waals surface area (Å²) in [6.07, 6.45) is 1.75. The van der Waals surface area contributed by atoms with Gasteiger partial charge in [-0.15, -0.1) is 0 Å². The number of aromatic amines is 1. The average Bonchev–Trinajstić information content (AvgIpc) is 2.82. The quantitative estimate of drug-likeness (QED) is 0.750. The van der Waals surface area contributed by atoms with Crippen molar-refractivity contribution in [2.24, 2.45) is 7.05 Å². The molecule has 19 heavy (non-hydrogen) atoms. The third-order valence-corrected chi connectivity index (χ3v) is 3.14. The van der Waals surface area contributed by atoms with E-state index in [9.17, 15) is 4.79 Å². The molecular formula is C14H14N4O. The summed E-state index contributed by atoms with van der Waals surface area (Å²) in [5, 5.41) is 8.94. The first kappa shape index (κ1) is 11.5. The summed E-state index contributed by atoms with van der Waals surface area (Å²) in [5.74, 6) is 0.713. The van der Waals surface area contributed by atoms with Crippen LogP contribution in [0.3, 0.4) is 0 Å². The topological polar surface area (TPSA) is 62.7 Å². The summed E-state index contributed by atoms with van der Waals surface area (Å²) >= 11 is 0. The Hall–Kier alpha value is -2.56. The number of aromatic nitrogens is 3. The minimum Gasteiger partial charge on any atom is -0.366 e. The van der Waals surface area contributed by atoms with E-state index in [-0.39, 0.29) is 5.56 Å². The number of nitrogens with zero attached hydrogens (tertiary/aromatic N) is 2. The lowest BCUT2D eigenvalue weighted by molar-refractivity contribution is 0.720. The fourth-order valence-corrected chi connectivity index (χ4v) is 2.07. The number of pyridine rings is 1. The minimum absolute atomic E-state index is 0.0781. The number of rotatable bonds is 3. The van der Waals surface area contributed by atoms with Crippen LogP contribution >= 0.6 is 0 Å². The van der Waals surface area contributed by atoms with Crippen molar-refractivity contribution in [3.63, 3.8) is 0 Å². The van der Waals surface area contributed by atoms with Crippen molar-refractivity contribution in [3.05, 3.63) is 58.6 Å². The molecule has 96 valence electrons. The Kier molecular flexibility index (Phi) is 2.79. The number of aryl methyl sites for hydroxylation is 1. The van der Waals surface area contributed by atoms with Gasteiger partial charge in [0.25, 0.3) is 5.56 Å². The molecule has 0 aliphatic carbocycles. The van der Waals surface area contributed by atoms with Gasteiger partial charge >= 0.3 is 0 Å². The van der Waals surface area contributed by atoms with Gasteiger partial charge in [-0.1, -0.05) is 18.2 Å². The highest BCUT2D eigenvalue weighted by atomic mass is 16.1. The number of anilines is 1. The van der Waals surface area contributed by atoms with Crippen LogP contribution in [0.25, 0.3) is 10.8 Å². The van der Waals surface area contributed by atoms with Crippen LogP contribution in [-0.2, 0) is 13.6 Å². The van der Waals surface area contributed by atoms with Gasteiger partial charge < -0.3 is 10.3 Å². The summed E-state index contributed by atoms with van der Waals surface area (Å²) in [5.41, 5.74) is 0.972. The summed E-state index contributed by atoms with van der Waals surface area (Å²) in [6, 6.07) is 11.4. The van der Waals surface area contributed by atoms with E-state index in [1.807, 2.05) is 43.4 Å². The van der Waals surface area contributed by atoms with E-state index in [2.05, 4.69) is 15.4 Å². The van der Waals surface area contributed by atoms with Crippen LogP contribution < -0.4 is 10.9 Å². The van der Waals surface area contributed by atoms with Crippen LogP contribution in [0.15, 0.2) is 47.4 Å². The Morgan fingerprint density at radius 1 is 1.32 bits per heavy atom. The highest BCUT2D eigenvalue weighted by Crippen LogP contribution is 2.13. The molecule has 0 radical (unpaired) electrons. The standard InChI is InChI=1S/C14H14N4O/c1-18-11(6-7-16-18)9-15-13-8-10-4-2-3-5-12(10)14(19)17-13/h2-8H,9H2,1H3,(H2,15,17,19). The largest absolute Gasteiger partial charge is 0.366 e. The summed E-state index contributed by atoms with van der Waals surface area (Å²) < 4.78 is 1.80. The third kappa shape index (κ3) is 2.22. The second-order valence-electron chi connectivity index (χ2n) is 4.40. The number of nitrogens with one attached hydrogen (secondary N) is 2. The van der Waals surface area contributed by atoms with E-state index in [0.29, 0.717) is 17.7 Å². The third-order valence-electron chi connectivity index (χ3n) is 3.14. The maximum Gasteiger partial charge on any atom is 0.257 e. The predicted octanol–water partition coefficient (Wildman–Crippen LogP) is 1.87. The smallest absolute Gasteiger partial charge is 0.257 e. The highest BCUT2D eigenvalue weighted by Gasteiger charge is 2.02. The van der Waals surface area contributed by atoms with E-state index < -0.39 is 0 Å². The normalized spacial score (nSPS) is 10.8. The second kappa shape index (κ2) is 4.61. The van der Waals surface area contributed by atoms with Gasteiger partial charge in [0.15, 0.2) is 0 Å². The Labute approximate surface area is 109 Å². The molecule has 3 aromatic rings. The molecule has 0 aliphatic heterocycles. The van der Waals surface area contributed by atoms with Crippen LogP contribution in [-0.4, -0.2) is 14.8 Å². The molecule has 2 aromatic heterocycles. The maximum atomic E-state index is 11.9. The van der Waals surface area contributed by atoms with Gasteiger partial charge in [0.05, 0.1) is 12.2 Å². The van der Waals surface area contributed by atoms with E-state index in [1.165, 1.54) is 0 Å².